The Morgan fingerprint density at radius 2 is 1.00 bits per heavy atom. The van der Waals surface area contributed by atoms with Crippen molar-refractivity contribution in [2.45, 2.75) is 195 Å². The number of carboxylic acid groups (broad SMARTS) is 1. The van der Waals surface area contributed by atoms with Gasteiger partial charge in [-0.05, 0) is 60.8 Å². The molecule has 0 amide bonds. The topological polar surface area (TPSA) is 37.3 Å². The van der Waals surface area contributed by atoms with Crippen LogP contribution in [0.25, 0.3) is 0 Å². The zero-order valence-electron chi connectivity index (χ0n) is 27.5. The van der Waals surface area contributed by atoms with E-state index in [-0.39, 0.29) is 0 Å². The zero-order valence-corrected chi connectivity index (χ0v) is 27.5. The first-order chi connectivity index (χ1) is 19.5. The van der Waals surface area contributed by atoms with E-state index in [0.29, 0.717) is 11.5 Å². The number of aryl methyl sites for hydroxylation is 1. The van der Waals surface area contributed by atoms with Crippen molar-refractivity contribution < 1.29 is 9.90 Å². The minimum absolute atomic E-state index is 0.571. The molecule has 1 aromatic carbocycles. The lowest BCUT2D eigenvalue weighted by atomic mass is 9.84. The van der Waals surface area contributed by atoms with E-state index in [0.717, 1.165) is 25.7 Å². The minimum Gasteiger partial charge on any atom is -0.478 e. The predicted molar refractivity (Wildman–Crippen MR) is 177 cm³/mol. The second kappa shape index (κ2) is 25.4. The molecule has 0 aliphatic rings. The van der Waals surface area contributed by atoms with Gasteiger partial charge in [0.1, 0.15) is 0 Å². The number of unbranched alkanes of at least 4 members (excludes halogenated alkanes) is 19. The highest BCUT2D eigenvalue weighted by molar-refractivity contribution is 5.90. The van der Waals surface area contributed by atoms with Crippen LogP contribution in [0.15, 0.2) is 12.1 Å². The normalized spacial score (nSPS) is 12.2. The predicted octanol–water partition coefficient (Wildman–Crippen LogP) is 12.7. The summed E-state index contributed by atoms with van der Waals surface area (Å²) in [6.07, 6.45) is 33.5. The summed E-state index contributed by atoms with van der Waals surface area (Å²) in [7, 11) is 0. The Bertz CT molecular complexity index is 737. The van der Waals surface area contributed by atoms with Crippen molar-refractivity contribution in [1.29, 1.82) is 0 Å². The molecule has 0 spiro atoms. The maximum absolute atomic E-state index is 12.3. The van der Waals surface area contributed by atoms with E-state index in [1.807, 2.05) is 6.07 Å². The summed E-state index contributed by atoms with van der Waals surface area (Å²) >= 11 is 0. The smallest absolute Gasteiger partial charge is 0.335 e. The van der Waals surface area contributed by atoms with Crippen LogP contribution in [0.3, 0.4) is 0 Å². The molecule has 0 radical (unpaired) electrons. The van der Waals surface area contributed by atoms with Gasteiger partial charge >= 0.3 is 5.97 Å². The summed E-state index contributed by atoms with van der Waals surface area (Å²) in [5, 5.41) is 10.1. The van der Waals surface area contributed by atoms with Crippen molar-refractivity contribution in [3.63, 3.8) is 0 Å². The van der Waals surface area contributed by atoms with Crippen LogP contribution < -0.4 is 0 Å². The molecule has 1 unspecified atom stereocenters. The minimum atomic E-state index is -0.740. The molecule has 1 aromatic rings. The van der Waals surface area contributed by atoms with Crippen molar-refractivity contribution >= 4 is 5.97 Å². The van der Waals surface area contributed by atoms with E-state index >= 15 is 0 Å². The van der Waals surface area contributed by atoms with Crippen molar-refractivity contribution in [1.82, 2.24) is 0 Å². The number of hydrogen-bond acceptors (Lipinski definition) is 1. The molecule has 0 bridgehead atoms. The van der Waals surface area contributed by atoms with Gasteiger partial charge in [-0.25, -0.2) is 4.79 Å². The van der Waals surface area contributed by atoms with Gasteiger partial charge in [-0.15, -0.1) is 0 Å². The molecule has 0 heterocycles. The van der Waals surface area contributed by atoms with Gasteiger partial charge in [0.15, 0.2) is 0 Å². The highest BCUT2D eigenvalue weighted by Gasteiger charge is 2.19. The first-order valence-corrected chi connectivity index (χ1v) is 17.9. The Balaban J connectivity index is 2.72. The van der Waals surface area contributed by atoms with Crippen molar-refractivity contribution in [2.24, 2.45) is 5.92 Å². The highest BCUT2D eigenvalue weighted by Crippen LogP contribution is 2.28. The molecule has 1 rings (SSSR count). The second-order valence-corrected chi connectivity index (χ2v) is 12.8. The summed E-state index contributed by atoms with van der Waals surface area (Å²) in [6, 6.07) is 4.09. The summed E-state index contributed by atoms with van der Waals surface area (Å²) < 4.78 is 0. The van der Waals surface area contributed by atoms with E-state index in [1.54, 1.807) is 0 Å². The maximum Gasteiger partial charge on any atom is 0.335 e. The van der Waals surface area contributed by atoms with Crippen LogP contribution in [0.2, 0.25) is 0 Å². The van der Waals surface area contributed by atoms with Gasteiger partial charge in [-0.1, -0.05) is 169 Å². The SMILES string of the molecule is CCCCCCCCCCCCC(C)Cc1c(CCCCCC)ccc(C(=O)O)c1CCCCCCCCCC. The monoisotopic (exact) mass is 557 g/mol. The zero-order chi connectivity index (χ0) is 29.3. The van der Waals surface area contributed by atoms with E-state index in [1.165, 1.54) is 158 Å². The summed E-state index contributed by atoms with van der Waals surface area (Å²) in [5.74, 6) is -0.125. The number of hydrogen-bond donors (Lipinski definition) is 1. The van der Waals surface area contributed by atoms with E-state index in [4.69, 9.17) is 0 Å². The third kappa shape index (κ3) is 17.5. The van der Waals surface area contributed by atoms with Crippen molar-refractivity contribution in [3.05, 3.63) is 34.4 Å². The Morgan fingerprint density at radius 1 is 0.575 bits per heavy atom. The number of aromatic carboxylic acids is 1. The molecule has 40 heavy (non-hydrogen) atoms. The third-order valence-electron chi connectivity index (χ3n) is 8.94. The fraction of sp³-hybridized carbons (Fsp3) is 0.816. The molecule has 0 aliphatic carbocycles. The molecule has 0 fully saturated rings. The van der Waals surface area contributed by atoms with Gasteiger partial charge in [-0.2, -0.15) is 0 Å². The quantitative estimate of drug-likeness (QED) is 0.104. The number of carbonyl (C=O) groups is 1. The van der Waals surface area contributed by atoms with Gasteiger partial charge in [-0.3, -0.25) is 0 Å². The Hall–Kier alpha value is -1.31. The van der Waals surface area contributed by atoms with Crippen LogP contribution in [-0.4, -0.2) is 11.1 Å². The van der Waals surface area contributed by atoms with Crippen LogP contribution in [0.4, 0.5) is 0 Å². The Kier molecular flexibility index (Phi) is 23.3. The first kappa shape index (κ1) is 36.7. The first-order valence-electron chi connectivity index (χ1n) is 17.9. The molecule has 2 nitrogen and oxygen atoms in total. The number of rotatable bonds is 28. The lowest BCUT2D eigenvalue weighted by Gasteiger charge is -2.21. The standard InChI is InChI=1S/C38H68O2/c1-5-8-11-14-16-18-19-20-22-24-27-33(4)32-37-34(28-25-13-10-7-3)30-31-36(38(39)40)35(37)29-26-23-21-17-15-12-9-6-2/h30-31,33H,5-29,32H2,1-4H3,(H,39,40). The van der Waals surface area contributed by atoms with E-state index in [9.17, 15) is 9.90 Å². The fourth-order valence-electron chi connectivity index (χ4n) is 6.32. The highest BCUT2D eigenvalue weighted by atomic mass is 16.4. The average Bonchev–Trinajstić information content (AvgIpc) is 2.94. The fourth-order valence-corrected chi connectivity index (χ4v) is 6.32. The molecule has 2 heteroatoms. The number of carboxylic acids is 1. The van der Waals surface area contributed by atoms with Gasteiger partial charge < -0.3 is 5.11 Å². The molecular formula is C38H68O2. The van der Waals surface area contributed by atoms with E-state index < -0.39 is 5.97 Å². The molecule has 0 aromatic heterocycles. The largest absolute Gasteiger partial charge is 0.478 e. The molecular weight excluding hydrogens is 488 g/mol. The van der Waals surface area contributed by atoms with Crippen molar-refractivity contribution in [3.8, 4) is 0 Å². The van der Waals surface area contributed by atoms with Gasteiger partial charge in [0, 0.05) is 0 Å². The number of benzene rings is 1. The lowest BCUT2D eigenvalue weighted by molar-refractivity contribution is 0.0695. The average molecular weight is 557 g/mol. The van der Waals surface area contributed by atoms with Gasteiger partial charge in [0.05, 0.1) is 5.56 Å². The van der Waals surface area contributed by atoms with Crippen LogP contribution in [-0.2, 0) is 19.3 Å². The molecule has 0 saturated carbocycles. The summed E-state index contributed by atoms with van der Waals surface area (Å²) in [4.78, 5) is 12.3. The van der Waals surface area contributed by atoms with E-state index in [2.05, 4.69) is 33.8 Å². The molecule has 1 N–H and O–H groups in total. The summed E-state index contributed by atoms with van der Waals surface area (Å²) in [5.41, 5.74) is 4.58. The molecule has 232 valence electrons. The molecule has 0 saturated heterocycles. The third-order valence-corrected chi connectivity index (χ3v) is 8.94. The van der Waals surface area contributed by atoms with Crippen LogP contribution >= 0.6 is 0 Å². The molecule has 0 aliphatic heterocycles. The Morgan fingerprint density at radius 3 is 1.50 bits per heavy atom. The Labute approximate surface area is 250 Å². The molecule has 1 atom stereocenters. The van der Waals surface area contributed by atoms with Crippen molar-refractivity contribution in [2.75, 3.05) is 0 Å². The van der Waals surface area contributed by atoms with Gasteiger partial charge in [0.2, 0.25) is 0 Å². The van der Waals surface area contributed by atoms with Crippen LogP contribution in [0, 0.1) is 5.92 Å². The second-order valence-electron chi connectivity index (χ2n) is 12.8. The maximum atomic E-state index is 12.3. The van der Waals surface area contributed by atoms with Gasteiger partial charge in [0.25, 0.3) is 0 Å². The summed E-state index contributed by atoms with van der Waals surface area (Å²) in [6.45, 7) is 9.23. The van der Waals surface area contributed by atoms with Crippen LogP contribution in [0.5, 0.6) is 0 Å². The van der Waals surface area contributed by atoms with Crippen LogP contribution in [0.1, 0.15) is 202 Å². The lowest BCUT2D eigenvalue weighted by Crippen LogP contribution is -2.12.